The van der Waals surface area contributed by atoms with Crippen LogP contribution in [0.3, 0.4) is 0 Å². The van der Waals surface area contributed by atoms with E-state index in [1.54, 1.807) is 16.0 Å². The molecular formula is C20H23N5O3S2. The van der Waals surface area contributed by atoms with Gasteiger partial charge in [-0.05, 0) is 45.5 Å². The van der Waals surface area contributed by atoms with E-state index in [4.69, 9.17) is 9.47 Å². The molecule has 1 amide bonds. The first kappa shape index (κ1) is 20.7. The number of benzene rings is 1. The predicted octanol–water partition coefficient (Wildman–Crippen LogP) is 3.16. The fraction of sp³-hybridized carbons (Fsp3) is 0.400. The molecule has 0 aliphatic carbocycles. The topological polar surface area (TPSA) is 91.2 Å². The summed E-state index contributed by atoms with van der Waals surface area (Å²) in [6.45, 7) is 5.85. The van der Waals surface area contributed by atoms with Crippen LogP contribution in [-0.4, -0.2) is 45.1 Å². The van der Waals surface area contributed by atoms with Gasteiger partial charge in [-0.25, -0.2) is 4.68 Å². The second kappa shape index (κ2) is 9.48. The van der Waals surface area contributed by atoms with Gasteiger partial charge in [0, 0.05) is 4.88 Å². The smallest absolute Gasteiger partial charge is 0.230 e. The fourth-order valence-electron chi connectivity index (χ4n) is 3.18. The molecule has 4 rings (SSSR count). The van der Waals surface area contributed by atoms with Crippen molar-refractivity contribution in [2.45, 2.75) is 31.6 Å². The molecule has 158 valence electrons. The first-order valence-electron chi connectivity index (χ1n) is 9.70. The van der Waals surface area contributed by atoms with Gasteiger partial charge in [0.2, 0.25) is 11.1 Å². The Morgan fingerprint density at radius 1 is 1.27 bits per heavy atom. The van der Waals surface area contributed by atoms with Crippen LogP contribution in [0.1, 0.15) is 30.3 Å². The molecule has 0 saturated carbocycles. The summed E-state index contributed by atoms with van der Waals surface area (Å²) in [4.78, 5) is 13.8. The molecule has 1 aliphatic rings. The normalized spacial score (nSPS) is 14.0. The van der Waals surface area contributed by atoms with E-state index < -0.39 is 0 Å². The van der Waals surface area contributed by atoms with Gasteiger partial charge >= 0.3 is 0 Å². The molecule has 30 heavy (non-hydrogen) atoms. The summed E-state index contributed by atoms with van der Waals surface area (Å²) in [7, 11) is 0. The van der Waals surface area contributed by atoms with Crippen LogP contribution in [0.5, 0.6) is 11.5 Å². The third kappa shape index (κ3) is 4.93. The number of amides is 1. The van der Waals surface area contributed by atoms with Crippen LogP contribution in [0, 0.1) is 5.92 Å². The molecule has 1 N–H and O–H groups in total. The minimum Gasteiger partial charge on any atom is -0.486 e. The number of nitrogens with one attached hydrogen (secondary N) is 1. The zero-order chi connectivity index (χ0) is 20.9. The van der Waals surface area contributed by atoms with Crippen LogP contribution < -0.4 is 14.8 Å². The van der Waals surface area contributed by atoms with Crippen molar-refractivity contribution in [3.8, 4) is 11.5 Å². The summed E-state index contributed by atoms with van der Waals surface area (Å²) in [5.41, 5.74) is 0.995. The van der Waals surface area contributed by atoms with Gasteiger partial charge in [-0.3, -0.25) is 4.79 Å². The molecule has 8 nitrogen and oxygen atoms in total. The van der Waals surface area contributed by atoms with E-state index >= 15 is 0 Å². The first-order valence-corrected chi connectivity index (χ1v) is 11.6. The van der Waals surface area contributed by atoms with Crippen LogP contribution in [-0.2, 0) is 11.3 Å². The van der Waals surface area contributed by atoms with E-state index in [9.17, 15) is 4.79 Å². The lowest BCUT2D eigenvalue weighted by Gasteiger charge is -2.25. The molecule has 2 aromatic heterocycles. The maximum Gasteiger partial charge on any atom is 0.230 e. The van der Waals surface area contributed by atoms with Crippen LogP contribution in [0.15, 0.2) is 40.9 Å². The molecule has 0 fully saturated rings. The van der Waals surface area contributed by atoms with Crippen molar-refractivity contribution >= 4 is 29.0 Å². The summed E-state index contributed by atoms with van der Waals surface area (Å²) in [5.74, 6) is 1.84. The van der Waals surface area contributed by atoms with Gasteiger partial charge < -0.3 is 14.8 Å². The van der Waals surface area contributed by atoms with E-state index in [2.05, 4.69) is 34.7 Å². The molecule has 0 bridgehead atoms. The number of hydrogen-bond acceptors (Lipinski definition) is 8. The van der Waals surface area contributed by atoms with Gasteiger partial charge in [0.15, 0.2) is 11.5 Å². The molecule has 3 aromatic rings. The van der Waals surface area contributed by atoms with Gasteiger partial charge in [-0.15, -0.1) is 16.4 Å². The minimum absolute atomic E-state index is 0.0701. The molecular weight excluding hydrogens is 422 g/mol. The number of tetrazole rings is 1. The molecule has 10 heteroatoms. The van der Waals surface area contributed by atoms with Crippen molar-refractivity contribution in [1.29, 1.82) is 0 Å². The van der Waals surface area contributed by atoms with Gasteiger partial charge in [0.1, 0.15) is 13.2 Å². The Balaban J connectivity index is 1.38. The van der Waals surface area contributed by atoms with Crippen molar-refractivity contribution < 1.29 is 14.3 Å². The Kier molecular flexibility index (Phi) is 6.53. The molecule has 1 atom stereocenters. The average molecular weight is 446 g/mol. The van der Waals surface area contributed by atoms with Crippen LogP contribution in [0.25, 0.3) is 0 Å². The highest BCUT2D eigenvalue weighted by Gasteiger charge is 2.22. The lowest BCUT2D eigenvalue weighted by Crippen LogP contribution is -2.33. The third-order valence-electron chi connectivity index (χ3n) is 4.63. The van der Waals surface area contributed by atoms with Crippen molar-refractivity contribution in [3.63, 3.8) is 0 Å². The van der Waals surface area contributed by atoms with Crippen LogP contribution in [0.4, 0.5) is 0 Å². The zero-order valence-electron chi connectivity index (χ0n) is 16.8. The Bertz CT molecular complexity index is 990. The number of ether oxygens (including phenoxy) is 2. The van der Waals surface area contributed by atoms with Crippen LogP contribution in [0.2, 0.25) is 0 Å². The minimum atomic E-state index is -0.129. The monoisotopic (exact) mass is 445 g/mol. The van der Waals surface area contributed by atoms with Gasteiger partial charge in [-0.1, -0.05) is 37.7 Å². The molecule has 0 saturated heterocycles. The quantitative estimate of drug-likeness (QED) is 0.533. The number of rotatable bonds is 8. The molecule has 3 heterocycles. The highest BCUT2D eigenvalue weighted by molar-refractivity contribution is 7.99. The molecule has 0 spiro atoms. The summed E-state index contributed by atoms with van der Waals surface area (Å²) < 4.78 is 13.0. The van der Waals surface area contributed by atoms with E-state index in [0.717, 1.165) is 21.9 Å². The van der Waals surface area contributed by atoms with Gasteiger partial charge in [0.25, 0.3) is 0 Å². The number of carbonyl (C=O) groups is 1. The largest absolute Gasteiger partial charge is 0.486 e. The molecule has 1 aromatic carbocycles. The van der Waals surface area contributed by atoms with E-state index in [1.165, 1.54) is 11.8 Å². The third-order valence-corrected chi connectivity index (χ3v) is 6.44. The van der Waals surface area contributed by atoms with E-state index in [-0.39, 0.29) is 23.6 Å². The number of thiophene rings is 1. The van der Waals surface area contributed by atoms with Gasteiger partial charge in [0.05, 0.1) is 18.3 Å². The number of aromatic nitrogens is 4. The maximum atomic E-state index is 12.7. The SMILES string of the molecule is CC(C)[C@H](NC(=O)CSc1nnnn1Cc1cccs1)c1ccc2c(c1)OCCO2. The van der Waals surface area contributed by atoms with E-state index in [1.807, 2.05) is 35.7 Å². The van der Waals surface area contributed by atoms with Crippen molar-refractivity contribution in [2.75, 3.05) is 19.0 Å². The van der Waals surface area contributed by atoms with Crippen molar-refractivity contribution in [2.24, 2.45) is 5.92 Å². The molecule has 0 unspecified atom stereocenters. The van der Waals surface area contributed by atoms with E-state index in [0.29, 0.717) is 24.9 Å². The number of thioether (sulfide) groups is 1. The highest BCUT2D eigenvalue weighted by atomic mass is 32.2. The molecule has 0 radical (unpaired) electrons. The van der Waals surface area contributed by atoms with Crippen molar-refractivity contribution in [3.05, 3.63) is 46.2 Å². The summed E-state index contributed by atoms with van der Waals surface area (Å²) >= 11 is 2.98. The Morgan fingerprint density at radius 3 is 2.87 bits per heavy atom. The first-order chi connectivity index (χ1) is 14.6. The number of fused-ring (bicyclic) bond motifs is 1. The second-order valence-electron chi connectivity index (χ2n) is 7.18. The highest BCUT2D eigenvalue weighted by Crippen LogP contribution is 2.34. The standard InChI is InChI=1S/C20H23N5O3S2/c1-13(2)19(14-5-6-16-17(10-14)28-8-7-27-16)21-18(26)12-30-20-22-23-24-25(20)11-15-4-3-9-29-15/h3-6,9-10,13,19H,7-8,11-12H2,1-2H3,(H,21,26)/t19-/m0/s1. The fourth-order valence-corrected chi connectivity index (χ4v) is 4.56. The van der Waals surface area contributed by atoms with Gasteiger partial charge in [-0.2, -0.15) is 0 Å². The Labute approximate surface area is 183 Å². The second-order valence-corrected chi connectivity index (χ2v) is 9.15. The number of nitrogens with zero attached hydrogens (tertiary/aromatic N) is 4. The lowest BCUT2D eigenvalue weighted by molar-refractivity contribution is -0.119. The zero-order valence-corrected chi connectivity index (χ0v) is 18.4. The lowest BCUT2D eigenvalue weighted by atomic mass is 9.95. The Morgan fingerprint density at radius 2 is 2.10 bits per heavy atom. The maximum absolute atomic E-state index is 12.7. The number of carbonyl (C=O) groups excluding carboxylic acids is 1. The predicted molar refractivity (Wildman–Crippen MR) is 115 cm³/mol. The summed E-state index contributed by atoms with van der Waals surface area (Å²) in [6.07, 6.45) is 0. The summed E-state index contributed by atoms with van der Waals surface area (Å²) in [5, 5.41) is 17.6. The van der Waals surface area contributed by atoms with Crippen molar-refractivity contribution in [1.82, 2.24) is 25.5 Å². The Hall–Kier alpha value is -2.59. The van der Waals surface area contributed by atoms with Crippen LogP contribution >= 0.6 is 23.1 Å². The molecule has 1 aliphatic heterocycles. The number of hydrogen-bond donors (Lipinski definition) is 1. The average Bonchev–Trinajstić information content (AvgIpc) is 3.42. The summed E-state index contributed by atoms with van der Waals surface area (Å²) in [6, 6.07) is 9.74.